The lowest BCUT2D eigenvalue weighted by Crippen LogP contribution is -2.41. The maximum atomic E-state index is 11.9. The quantitative estimate of drug-likeness (QED) is 0.309. The van der Waals surface area contributed by atoms with Gasteiger partial charge in [-0.25, -0.2) is 4.79 Å². The number of hydrogen-bond donors (Lipinski definition) is 1. The summed E-state index contributed by atoms with van der Waals surface area (Å²) in [7, 11) is 0. The minimum atomic E-state index is -1.45. The molecule has 1 heterocycles. The number of hydrogen-bond acceptors (Lipinski definition) is 6. The molecule has 146 valence electrons. The van der Waals surface area contributed by atoms with Gasteiger partial charge in [-0.15, -0.1) is 0 Å². The average molecular weight is 383 g/mol. The van der Waals surface area contributed by atoms with Crippen LogP contribution in [0.4, 0.5) is 0 Å². The number of aliphatic hydroxyl groups excluding tert-OH is 1. The molecule has 8 nitrogen and oxygen atoms in total. The zero-order valence-electron chi connectivity index (χ0n) is 15.1. The van der Waals surface area contributed by atoms with E-state index >= 15 is 0 Å². The molecule has 1 saturated heterocycles. The molecule has 0 amide bonds. The second kappa shape index (κ2) is 9.87. The first kappa shape index (κ1) is 19.9. The van der Waals surface area contributed by atoms with E-state index in [0.29, 0.717) is 6.61 Å². The normalized spacial score (nSPS) is 22.3. The zero-order valence-corrected chi connectivity index (χ0v) is 15.1. The third-order valence-electron chi connectivity index (χ3n) is 4.39. The van der Waals surface area contributed by atoms with Crippen LogP contribution in [0, 0.1) is 0 Å². The van der Waals surface area contributed by atoms with Crippen LogP contribution >= 0.6 is 0 Å². The monoisotopic (exact) mass is 383 g/mol. The van der Waals surface area contributed by atoms with Gasteiger partial charge < -0.3 is 19.3 Å². The lowest BCUT2D eigenvalue weighted by atomic mass is 10.0. The van der Waals surface area contributed by atoms with E-state index in [-0.39, 0.29) is 13.2 Å². The van der Waals surface area contributed by atoms with Gasteiger partial charge in [-0.1, -0.05) is 65.8 Å². The fourth-order valence-electron chi connectivity index (χ4n) is 2.97. The summed E-state index contributed by atoms with van der Waals surface area (Å²) in [6, 6.07) is 18.0. The Labute approximate surface area is 162 Å². The van der Waals surface area contributed by atoms with E-state index in [1.807, 2.05) is 60.7 Å². The highest BCUT2D eigenvalue weighted by Gasteiger charge is 2.48. The number of cyclic esters (lactones) is 1. The molecular formula is C20H21N3O5. The van der Waals surface area contributed by atoms with E-state index < -0.39 is 30.3 Å². The molecule has 1 aliphatic rings. The van der Waals surface area contributed by atoms with Gasteiger partial charge >= 0.3 is 5.97 Å². The summed E-state index contributed by atoms with van der Waals surface area (Å²) in [5.74, 6) is -0.802. The van der Waals surface area contributed by atoms with Crippen molar-refractivity contribution in [2.75, 3.05) is 6.61 Å². The molecule has 3 rings (SSSR count). The van der Waals surface area contributed by atoms with Crippen molar-refractivity contribution >= 4 is 5.97 Å². The Morgan fingerprint density at radius 3 is 2.29 bits per heavy atom. The maximum Gasteiger partial charge on any atom is 0.338 e. The molecule has 0 aliphatic carbocycles. The van der Waals surface area contributed by atoms with Gasteiger partial charge in [0.05, 0.1) is 19.8 Å². The molecule has 0 aromatic heterocycles. The molecule has 0 unspecified atom stereocenters. The molecule has 8 heteroatoms. The van der Waals surface area contributed by atoms with Crippen molar-refractivity contribution in [3.8, 4) is 0 Å². The number of carbonyl (C=O) groups excluding carboxylic acids is 1. The highest BCUT2D eigenvalue weighted by Crippen LogP contribution is 2.25. The highest BCUT2D eigenvalue weighted by atomic mass is 16.6. The summed E-state index contributed by atoms with van der Waals surface area (Å²) in [5.41, 5.74) is 10.7. The maximum absolute atomic E-state index is 11.9. The van der Waals surface area contributed by atoms with Crippen molar-refractivity contribution in [2.24, 2.45) is 5.11 Å². The van der Waals surface area contributed by atoms with Crippen molar-refractivity contribution < 1.29 is 24.1 Å². The number of nitrogens with zero attached hydrogens (tertiary/aromatic N) is 3. The highest BCUT2D eigenvalue weighted by molar-refractivity contribution is 5.78. The molecular weight excluding hydrogens is 362 g/mol. The summed E-state index contributed by atoms with van der Waals surface area (Å²) >= 11 is 0. The molecule has 4 atom stereocenters. The number of carbonyl (C=O) groups is 1. The minimum absolute atomic E-state index is 0.0226. The van der Waals surface area contributed by atoms with Crippen LogP contribution in [-0.2, 0) is 32.2 Å². The second-order valence-corrected chi connectivity index (χ2v) is 6.38. The third-order valence-corrected chi connectivity index (χ3v) is 4.39. The van der Waals surface area contributed by atoms with Crippen LogP contribution in [0.3, 0.4) is 0 Å². The number of esters is 1. The second-order valence-electron chi connectivity index (χ2n) is 6.38. The SMILES string of the molecule is [N-]=[N+]=N[C@H](COCc1ccccc1)[C@H]1OC(=O)[C@@H](O)[C@H]1OCc1ccccc1. The van der Waals surface area contributed by atoms with Gasteiger partial charge in [0.2, 0.25) is 0 Å². The summed E-state index contributed by atoms with van der Waals surface area (Å²) < 4.78 is 16.6. The smallest absolute Gasteiger partial charge is 0.338 e. The lowest BCUT2D eigenvalue weighted by molar-refractivity contribution is -0.148. The molecule has 0 saturated carbocycles. The molecule has 0 radical (unpaired) electrons. The van der Waals surface area contributed by atoms with Crippen LogP contribution in [-0.4, -0.2) is 42.0 Å². The first-order valence-corrected chi connectivity index (χ1v) is 8.89. The molecule has 2 aromatic rings. The van der Waals surface area contributed by atoms with Crippen molar-refractivity contribution in [1.82, 2.24) is 0 Å². The van der Waals surface area contributed by atoms with E-state index in [0.717, 1.165) is 11.1 Å². The molecule has 1 aliphatic heterocycles. The topological polar surface area (TPSA) is 114 Å². The predicted octanol–water partition coefficient (Wildman–Crippen LogP) is 2.75. The Kier molecular flexibility index (Phi) is 7.00. The van der Waals surface area contributed by atoms with Crippen molar-refractivity contribution in [2.45, 2.75) is 37.6 Å². The van der Waals surface area contributed by atoms with Gasteiger partial charge in [0.15, 0.2) is 6.10 Å². The summed E-state index contributed by atoms with van der Waals surface area (Å²) in [5, 5.41) is 13.8. The van der Waals surface area contributed by atoms with Gasteiger partial charge in [0.25, 0.3) is 0 Å². The lowest BCUT2D eigenvalue weighted by Gasteiger charge is -2.24. The van der Waals surface area contributed by atoms with Crippen LogP contribution in [0.1, 0.15) is 11.1 Å². The number of ether oxygens (including phenoxy) is 3. The van der Waals surface area contributed by atoms with Gasteiger partial charge in [-0.2, -0.15) is 0 Å². The van der Waals surface area contributed by atoms with Crippen LogP contribution in [0.15, 0.2) is 65.8 Å². The fraction of sp³-hybridized carbons (Fsp3) is 0.350. The summed E-state index contributed by atoms with van der Waals surface area (Å²) in [4.78, 5) is 14.7. The van der Waals surface area contributed by atoms with Gasteiger partial charge in [-0.3, -0.25) is 0 Å². The molecule has 28 heavy (non-hydrogen) atoms. The molecule has 0 spiro atoms. The first-order valence-electron chi connectivity index (χ1n) is 8.89. The van der Waals surface area contributed by atoms with Crippen molar-refractivity contribution in [3.05, 3.63) is 82.2 Å². The minimum Gasteiger partial charge on any atom is -0.457 e. The average Bonchev–Trinajstić information content (AvgIpc) is 3.01. The van der Waals surface area contributed by atoms with Gasteiger partial charge in [-0.05, 0) is 16.7 Å². The van der Waals surface area contributed by atoms with E-state index in [2.05, 4.69) is 10.0 Å². The van der Waals surface area contributed by atoms with E-state index in [1.54, 1.807) is 0 Å². The number of aliphatic hydroxyl groups is 1. The molecule has 0 bridgehead atoms. The number of azide groups is 1. The zero-order chi connectivity index (χ0) is 19.8. The number of rotatable bonds is 9. The van der Waals surface area contributed by atoms with Crippen molar-refractivity contribution in [3.63, 3.8) is 0 Å². The Bertz CT molecular complexity index is 811. The van der Waals surface area contributed by atoms with Crippen LogP contribution < -0.4 is 0 Å². The third kappa shape index (κ3) is 5.09. The van der Waals surface area contributed by atoms with Crippen LogP contribution in [0.5, 0.6) is 0 Å². The predicted molar refractivity (Wildman–Crippen MR) is 99.9 cm³/mol. The fourth-order valence-corrected chi connectivity index (χ4v) is 2.97. The standard InChI is InChI=1S/C20H21N3O5/c21-23-22-16(13-26-11-14-7-3-1-4-8-14)18-19(17(24)20(25)28-18)27-12-15-9-5-2-6-10-15/h1-10,16-19,24H,11-13H2/t16-,17+,18-,19-/m1/s1. The summed E-state index contributed by atoms with van der Waals surface area (Å²) in [6.45, 7) is 0.523. The van der Waals surface area contributed by atoms with Crippen molar-refractivity contribution in [1.29, 1.82) is 0 Å². The Balaban J connectivity index is 1.64. The van der Waals surface area contributed by atoms with E-state index in [4.69, 9.17) is 19.7 Å². The van der Waals surface area contributed by atoms with Gasteiger partial charge in [0.1, 0.15) is 18.2 Å². The summed E-state index contributed by atoms with van der Waals surface area (Å²) in [6.07, 6.45) is -3.33. The Morgan fingerprint density at radius 2 is 1.68 bits per heavy atom. The Hall–Kier alpha value is -2.90. The largest absolute Gasteiger partial charge is 0.457 e. The molecule has 1 N–H and O–H groups in total. The van der Waals surface area contributed by atoms with E-state index in [9.17, 15) is 9.90 Å². The van der Waals surface area contributed by atoms with Crippen LogP contribution in [0.25, 0.3) is 10.4 Å². The molecule has 1 fully saturated rings. The van der Waals surface area contributed by atoms with E-state index in [1.165, 1.54) is 0 Å². The first-order chi connectivity index (χ1) is 13.7. The van der Waals surface area contributed by atoms with Crippen LogP contribution in [0.2, 0.25) is 0 Å². The number of benzene rings is 2. The molecule has 2 aromatic carbocycles. The Morgan fingerprint density at radius 1 is 1.07 bits per heavy atom. The van der Waals surface area contributed by atoms with Gasteiger partial charge in [0, 0.05) is 4.91 Å².